The molecule has 110 valence electrons. The minimum atomic E-state index is -0.430. The van der Waals surface area contributed by atoms with Crippen LogP contribution in [0, 0.1) is 12.7 Å². The van der Waals surface area contributed by atoms with E-state index in [4.69, 9.17) is 4.74 Å². The van der Waals surface area contributed by atoms with E-state index < -0.39 is 5.97 Å². The molecular weight excluding hydrogens is 273 g/mol. The number of hydrogen-bond acceptors (Lipinski definition) is 5. The lowest BCUT2D eigenvalue weighted by molar-refractivity contribution is 0.0524. The monoisotopic (exact) mass is 289 g/mol. The van der Waals surface area contributed by atoms with Crippen LogP contribution in [0.5, 0.6) is 0 Å². The van der Waals surface area contributed by atoms with Gasteiger partial charge in [0, 0.05) is 12.7 Å². The first-order valence-electron chi connectivity index (χ1n) is 6.59. The van der Waals surface area contributed by atoms with E-state index in [1.165, 1.54) is 18.3 Å². The van der Waals surface area contributed by atoms with Crippen LogP contribution in [0.3, 0.4) is 0 Å². The summed E-state index contributed by atoms with van der Waals surface area (Å²) in [7, 11) is 0. The molecule has 0 aliphatic heterocycles. The third-order valence-electron chi connectivity index (χ3n) is 2.84. The van der Waals surface area contributed by atoms with Crippen molar-refractivity contribution in [2.24, 2.45) is 0 Å². The summed E-state index contributed by atoms with van der Waals surface area (Å²) in [6.07, 6.45) is 1.44. The number of aryl methyl sites for hydroxylation is 1. The zero-order valence-electron chi connectivity index (χ0n) is 11.9. The number of halogens is 1. The van der Waals surface area contributed by atoms with Crippen LogP contribution in [0.2, 0.25) is 0 Å². The second kappa shape index (κ2) is 6.78. The van der Waals surface area contributed by atoms with E-state index in [0.29, 0.717) is 30.4 Å². The SMILES string of the molecule is CCOC(=O)c1cnc(NCc2ccc(F)cc2)nc1C. The van der Waals surface area contributed by atoms with E-state index in [-0.39, 0.29) is 5.82 Å². The molecule has 0 spiro atoms. The van der Waals surface area contributed by atoms with E-state index >= 15 is 0 Å². The van der Waals surface area contributed by atoms with Gasteiger partial charge >= 0.3 is 5.97 Å². The quantitative estimate of drug-likeness (QED) is 0.857. The molecule has 0 bridgehead atoms. The maximum absolute atomic E-state index is 12.8. The molecule has 0 amide bonds. The van der Waals surface area contributed by atoms with Crippen molar-refractivity contribution < 1.29 is 13.9 Å². The molecular formula is C15H16FN3O2. The number of anilines is 1. The Labute approximate surface area is 122 Å². The van der Waals surface area contributed by atoms with E-state index in [1.54, 1.807) is 26.0 Å². The Hall–Kier alpha value is -2.50. The number of hydrogen-bond donors (Lipinski definition) is 1. The maximum atomic E-state index is 12.8. The first-order chi connectivity index (χ1) is 10.1. The average molecular weight is 289 g/mol. The molecule has 6 heteroatoms. The number of aromatic nitrogens is 2. The number of benzene rings is 1. The van der Waals surface area contributed by atoms with Gasteiger partial charge in [-0.3, -0.25) is 0 Å². The standard InChI is InChI=1S/C15H16FN3O2/c1-3-21-14(20)13-9-18-15(19-10(13)2)17-8-11-4-6-12(16)7-5-11/h4-7,9H,3,8H2,1-2H3,(H,17,18,19). The van der Waals surface area contributed by atoms with Crippen LogP contribution in [-0.4, -0.2) is 22.5 Å². The summed E-state index contributed by atoms with van der Waals surface area (Å²) in [4.78, 5) is 19.9. The van der Waals surface area contributed by atoms with Crippen LogP contribution in [0.25, 0.3) is 0 Å². The van der Waals surface area contributed by atoms with Gasteiger partial charge in [-0.05, 0) is 31.5 Å². The number of esters is 1. The Balaban J connectivity index is 2.03. The van der Waals surface area contributed by atoms with Gasteiger partial charge in [0.2, 0.25) is 5.95 Å². The number of ether oxygens (including phenoxy) is 1. The molecule has 1 N–H and O–H groups in total. The Morgan fingerprint density at radius 3 is 2.67 bits per heavy atom. The van der Waals surface area contributed by atoms with Crippen molar-refractivity contribution in [3.8, 4) is 0 Å². The zero-order chi connectivity index (χ0) is 15.2. The van der Waals surface area contributed by atoms with Crippen molar-refractivity contribution in [3.05, 3.63) is 53.1 Å². The van der Waals surface area contributed by atoms with Gasteiger partial charge in [-0.15, -0.1) is 0 Å². The Morgan fingerprint density at radius 2 is 2.05 bits per heavy atom. The Kier molecular flexibility index (Phi) is 4.81. The molecule has 0 fully saturated rings. The first-order valence-corrected chi connectivity index (χ1v) is 6.59. The average Bonchev–Trinajstić information content (AvgIpc) is 2.47. The molecule has 0 atom stereocenters. The van der Waals surface area contributed by atoms with Gasteiger partial charge in [-0.1, -0.05) is 12.1 Å². The van der Waals surface area contributed by atoms with Crippen molar-refractivity contribution in [1.82, 2.24) is 9.97 Å². The van der Waals surface area contributed by atoms with Crippen molar-refractivity contribution in [2.45, 2.75) is 20.4 Å². The highest BCUT2D eigenvalue weighted by Crippen LogP contribution is 2.10. The van der Waals surface area contributed by atoms with E-state index in [0.717, 1.165) is 5.56 Å². The summed E-state index contributed by atoms with van der Waals surface area (Å²) in [6, 6.07) is 6.16. The maximum Gasteiger partial charge on any atom is 0.341 e. The van der Waals surface area contributed by atoms with Gasteiger partial charge < -0.3 is 10.1 Å². The van der Waals surface area contributed by atoms with Gasteiger partial charge in [0.25, 0.3) is 0 Å². The predicted octanol–water partition coefficient (Wildman–Crippen LogP) is 2.71. The van der Waals surface area contributed by atoms with Crippen LogP contribution in [0.1, 0.15) is 28.5 Å². The number of carbonyl (C=O) groups is 1. The summed E-state index contributed by atoms with van der Waals surface area (Å²) in [6.45, 7) is 4.24. The molecule has 21 heavy (non-hydrogen) atoms. The lowest BCUT2D eigenvalue weighted by atomic mass is 10.2. The lowest BCUT2D eigenvalue weighted by Gasteiger charge is -2.08. The highest BCUT2D eigenvalue weighted by atomic mass is 19.1. The van der Waals surface area contributed by atoms with E-state index in [1.807, 2.05) is 0 Å². The molecule has 0 unspecified atom stereocenters. The second-order valence-corrected chi connectivity index (χ2v) is 4.39. The van der Waals surface area contributed by atoms with Crippen molar-refractivity contribution in [2.75, 3.05) is 11.9 Å². The lowest BCUT2D eigenvalue weighted by Crippen LogP contribution is -2.11. The molecule has 1 aromatic carbocycles. The fraction of sp³-hybridized carbons (Fsp3) is 0.267. The molecule has 0 aliphatic carbocycles. The summed E-state index contributed by atoms with van der Waals surface area (Å²) >= 11 is 0. The van der Waals surface area contributed by atoms with Crippen LogP contribution in [0.15, 0.2) is 30.5 Å². The molecule has 5 nitrogen and oxygen atoms in total. The van der Waals surface area contributed by atoms with Gasteiger partial charge in [0.1, 0.15) is 5.82 Å². The minimum absolute atomic E-state index is 0.273. The summed E-state index contributed by atoms with van der Waals surface area (Å²) < 4.78 is 17.7. The van der Waals surface area contributed by atoms with Gasteiger partial charge in [-0.2, -0.15) is 0 Å². The number of rotatable bonds is 5. The molecule has 1 aromatic heterocycles. The normalized spacial score (nSPS) is 10.2. The van der Waals surface area contributed by atoms with Gasteiger partial charge in [0.05, 0.1) is 17.9 Å². The van der Waals surface area contributed by atoms with E-state index in [9.17, 15) is 9.18 Å². The summed E-state index contributed by atoms with van der Waals surface area (Å²) in [5.74, 6) is -0.297. The number of nitrogens with zero attached hydrogens (tertiary/aromatic N) is 2. The van der Waals surface area contributed by atoms with Crippen molar-refractivity contribution >= 4 is 11.9 Å². The van der Waals surface area contributed by atoms with Crippen molar-refractivity contribution in [1.29, 1.82) is 0 Å². The summed E-state index contributed by atoms with van der Waals surface area (Å²) in [5.41, 5.74) is 1.81. The van der Waals surface area contributed by atoms with Crippen molar-refractivity contribution in [3.63, 3.8) is 0 Å². The van der Waals surface area contributed by atoms with Gasteiger partial charge in [-0.25, -0.2) is 19.2 Å². The highest BCUT2D eigenvalue weighted by Gasteiger charge is 2.12. The summed E-state index contributed by atoms with van der Waals surface area (Å²) in [5, 5.41) is 3.02. The molecule has 0 saturated carbocycles. The molecule has 0 radical (unpaired) electrons. The molecule has 0 saturated heterocycles. The molecule has 2 aromatic rings. The first kappa shape index (κ1) is 14.9. The molecule has 2 rings (SSSR count). The zero-order valence-corrected chi connectivity index (χ0v) is 11.9. The fourth-order valence-electron chi connectivity index (χ4n) is 1.74. The molecule has 1 heterocycles. The minimum Gasteiger partial charge on any atom is -0.462 e. The van der Waals surface area contributed by atoms with Crippen LogP contribution in [0.4, 0.5) is 10.3 Å². The largest absolute Gasteiger partial charge is 0.462 e. The topological polar surface area (TPSA) is 64.1 Å². The Morgan fingerprint density at radius 1 is 1.33 bits per heavy atom. The van der Waals surface area contributed by atoms with Gasteiger partial charge in [0.15, 0.2) is 0 Å². The van der Waals surface area contributed by atoms with Crippen LogP contribution in [-0.2, 0) is 11.3 Å². The van der Waals surface area contributed by atoms with Crippen LogP contribution < -0.4 is 5.32 Å². The third kappa shape index (κ3) is 3.98. The molecule has 0 aliphatic rings. The number of carbonyl (C=O) groups excluding carboxylic acids is 1. The predicted molar refractivity (Wildman–Crippen MR) is 76.5 cm³/mol. The smallest absolute Gasteiger partial charge is 0.341 e. The van der Waals surface area contributed by atoms with E-state index in [2.05, 4.69) is 15.3 Å². The fourth-order valence-corrected chi connectivity index (χ4v) is 1.74. The third-order valence-corrected chi connectivity index (χ3v) is 2.84. The highest BCUT2D eigenvalue weighted by molar-refractivity contribution is 5.90. The van der Waals surface area contributed by atoms with Crippen LogP contribution >= 0.6 is 0 Å². The second-order valence-electron chi connectivity index (χ2n) is 4.39. The Bertz CT molecular complexity index is 629. The number of nitrogens with one attached hydrogen (secondary N) is 1.